The molecular formula is C7H13NO3. The van der Waals surface area contributed by atoms with Crippen LogP contribution in [0.5, 0.6) is 0 Å². The van der Waals surface area contributed by atoms with Gasteiger partial charge in [0.05, 0.1) is 13.2 Å². The second kappa shape index (κ2) is 4.31. The second-order valence-corrected chi connectivity index (χ2v) is 2.43. The van der Waals surface area contributed by atoms with Crippen molar-refractivity contribution in [1.29, 1.82) is 0 Å². The molecule has 0 saturated carbocycles. The van der Waals surface area contributed by atoms with E-state index in [1.54, 1.807) is 0 Å². The number of carbonyl (C=O) groups is 1. The summed E-state index contributed by atoms with van der Waals surface area (Å²) in [5, 5.41) is 0. The van der Waals surface area contributed by atoms with Crippen LogP contribution in [0.3, 0.4) is 0 Å². The molecule has 0 spiro atoms. The van der Waals surface area contributed by atoms with Crippen molar-refractivity contribution < 1.29 is 14.3 Å². The van der Waals surface area contributed by atoms with Crippen molar-refractivity contribution in [2.45, 2.75) is 13.2 Å². The van der Waals surface area contributed by atoms with Gasteiger partial charge in [-0.1, -0.05) is 6.92 Å². The molecule has 1 atom stereocenters. The lowest BCUT2D eigenvalue weighted by Crippen LogP contribution is -2.43. The normalized spacial score (nSPS) is 26.5. The van der Waals surface area contributed by atoms with E-state index in [2.05, 4.69) is 16.6 Å². The van der Waals surface area contributed by atoms with Gasteiger partial charge in [0.2, 0.25) is 6.29 Å². The quantitative estimate of drug-likeness (QED) is 0.536. The van der Waals surface area contributed by atoms with Crippen LogP contribution in [0.15, 0.2) is 0 Å². The Balaban J connectivity index is 2.27. The lowest BCUT2D eigenvalue weighted by Gasteiger charge is -2.30. The fraction of sp³-hybridized carbons (Fsp3) is 0.857. The number of morpholine rings is 1. The highest BCUT2D eigenvalue weighted by atomic mass is 16.7. The minimum Gasteiger partial charge on any atom is -0.437 e. The number of hydrogen-bond acceptors (Lipinski definition) is 4. The van der Waals surface area contributed by atoms with Gasteiger partial charge in [-0.05, 0) is 6.54 Å². The Morgan fingerprint density at radius 3 is 3.27 bits per heavy atom. The Labute approximate surface area is 66.1 Å². The summed E-state index contributed by atoms with van der Waals surface area (Å²) < 4.78 is 9.83. The van der Waals surface area contributed by atoms with Crippen molar-refractivity contribution in [1.82, 2.24) is 4.90 Å². The van der Waals surface area contributed by atoms with Crippen LogP contribution in [0, 0.1) is 0 Å². The van der Waals surface area contributed by atoms with Gasteiger partial charge >= 0.3 is 0 Å². The summed E-state index contributed by atoms with van der Waals surface area (Å²) in [5.41, 5.74) is 0. The van der Waals surface area contributed by atoms with E-state index in [-0.39, 0.29) is 6.29 Å². The average molecular weight is 159 g/mol. The molecule has 1 unspecified atom stereocenters. The molecule has 0 amide bonds. The first kappa shape index (κ1) is 8.49. The van der Waals surface area contributed by atoms with Crippen molar-refractivity contribution in [2.75, 3.05) is 26.2 Å². The molecule has 4 heteroatoms. The minimum absolute atomic E-state index is 0.360. The van der Waals surface area contributed by atoms with Crippen LogP contribution in [0.25, 0.3) is 0 Å². The average Bonchev–Trinajstić information content (AvgIpc) is 2.06. The summed E-state index contributed by atoms with van der Waals surface area (Å²) >= 11 is 0. The second-order valence-electron chi connectivity index (χ2n) is 2.43. The summed E-state index contributed by atoms with van der Waals surface area (Å²) in [6, 6.07) is 0. The lowest BCUT2D eigenvalue weighted by atomic mass is 10.4. The zero-order valence-electron chi connectivity index (χ0n) is 6.66. The SMILES string of the molecule is CCN1CCOC(OC=O)C1. The highest BCUT2D eigenvalue weighted by Gasteiger charge is 2.19. The first-order chi connectivity index (χ1) is 5.36. The molecular weight excluding hydrogens is 146 g/mol. The molecule has 4 nitrogen and oxygen atoms in total. The summed E-state index contributed by atoms with van der Waals surface area (Å²) in [6.45, 7) is 5.74. The molecule has 1 aliphatic heterocycles. The Morgan fingerprint density at radius 1 is 1.82 bits per heavy atom. The van der Waals surface area contributed by atoms with Gasteiger partial charge in [0, 0.05) is 6.54 Å². The molecule has 0 radical (unpaired) electrons. The molecule has 0 aromatic heterocycles. The fourth-order valence-corrected chi connectivity index (χ4v) is 1.10. The number of rotatable bonds is 3. The number of carbonyl (C=O) groups excluding carboxylic acids is 1. The van der Waals surface area contributed by atoms with Gasteiger partial charge in [-0.15, -0.1) is 0 Å². The van der Waals surface area contributed by atoms with E-state index in [1.165, 1.54) is 0 Å². The Hall–Kier alpha value is -0.610. The Bertz CT molecular complexity index is 129. The zero-order chi connectivity index (χ0) is 8.10. The standard InChI is InChI=1S/C7H13NO3/c1-2-8-3-4-10-7(5-8)11-6-9/h6-7H,2-5H2,1H3. The van der Waals surface area contributed by atoms with E-state index in [9.17, 15) is 4.79 Å². The molecule has 1 fully saturated rings. The molecule has 1 heterocycles. The molecule has 0 aromatic rings. The summed E-state index contributed by atoms with van der Waals surface area (Å²) in [5.74, 6) is 0. The first-order valence-corrected chi connectivity index (χ1v) is 3.80. The molecule has 11 heavy (non-hydrogen) atoms. The van der Waals surface area contributed by atoms with Crippen LogP contribution < -0.4 is 0 Å². The largest absolute Gasteiger partial charge is 0.437 e. The van der Waals surface area contributed by atoms with E-state index in [0.717, 1.165) is 13.1 Å². The zero-order valence-corrected chi connectivity index (χ0v) is 6.66. The lowest BCUT2D eigenvalue weighted by molar-refractivity contribution is -0.181. The van der Waals surface area contributed by atoms with Crippen molar-refractivity contribution in [2.24, 2.45) is 0 Å². The summed E-state index contributed by atoms with van der Waals surface area (Å²) in [6.07, 6.45) is -0.360. The van der Waals surface area contributed by atoms with Gasteiger partial charge in [0.25, 0.3) is 6.47 Å². The predicted molar refractivity (Wildman–Crippen MR) is 39.0 cm³/mol. The van der Waals surface area contributed by atoms with Crippen LogP contribution >= 0.6 is 0 Å². The third-order valence-electron chi connectivity index (χ3n) is 1.77. The molecule has 0 aliphatic carbocycles. The number of ether oxygens (including phenoxy) is 2. The number of hydrogen-bond donors (Lipinski definition) is 0. The van der Waals surface area contributed by atoms with Crippen LogP contribution in [-0.4, -0.2) is 43.9 Å². The number of likely N-dealkylation sites (N-methyl/N-ethyl adjacent to an activating group) is 1. The van der Waals surface area contributed by atoms with Crippen LogP contribution in [0.2, 0.25) is 0 Å². The van der Waals surface area contributed by atoms with E-state index in [4.69, 9.17) is 4.74 Å². The smallest absolute Gasteiger partial charge is 0.295 e. The van der Waals surface area contributed by atoms with Gasteiger partial charge in [-0.3, -0.25) is 9.69 Å². The van der Waals surface area contributed by atoms with Gasteiger partial charge in [-0.25, -0.2) is 0 Å². The molecule has 0 aromatic carbocycles. The summed E-state index contributed by atoms with van der Waals surface area (Å²) in [4.78, 5) is 12.1. The van der Waals surface area contributed by atoms with E-state index in [0.29, 0.717) is 19.6 Å². The summed E-state index contributed by atoms with van der Waals surface area (Å²) in [7, 11) is 0. The van der Waals surface area contributed by atoms with E-state index in [1.807, 2.05) is 0 Å². The monoisotopic (exact) mass is 159 g/mol. The molecule has 1 rings (SSSR count). The van der Waals surface area contributed by atoms with Crippen molar-refractivity contribution in [3.8, 4) is 0 Å². The Kier molecular flexibility index (Phi) is 3.32. The van der Waals surface area contributed by atoms with Crippen LogP contribution in [0.1, 0.15) is 6.92 Å². The van der Waals surface area contributed by atoms with Gasteiger partial charge in [0.15, 0.2) is 0 Å². The molecule has 1 saturated heterocycles. The van der Waals surface area contributed by atoms with Gasteiger partial charge in [-0.2, -0.15) is 0 Å². The van der Waals surface area contributed by atoms with Crippen LogP contribution in [0.4, 0.5) is 0 Å². The molecule has 0 N–H and O–H groups in total. The van der Waals surface area contributed by atoms with Crippen molar-refractivity contribution >= 4 is 6.47 Å². The highest BCUT2D eigenvalue weighted by Crippen LogP contribution is 2.04. The topological polar surface area (TPSA) is 38.8 Å². The highest BCUT2D eigenvalue weighted by molar-refractivity contribution is 5.37. The molecule has 1 aliphatic rings. The van der Waals surface area contributed by atoms with E-state index >= 15 is 0 Å². The van der Waals surface area contributed by atoms with Gasteiger partial charge in [0.1, 0.15) is 0 Å². The maximum atomic E-state index is 9.95. The molecule has 64 valence electrons. The third kappa shape index (κ3) is 2.48. The minimum atomic E-state index is -0.360. The van der Waals surface area contributed by atoms with Gasteiger partial charge < -0.3 is 9.47 Å². The van der Waals surface area contributed by atoms with E-state index < -0.39 is 0 Å². The number of nitrogens with zero attached hydrogens (tertiary/aromatic N) is 1. The fourth-order valence-electron chi connectivity index (χ4n) is 1.10. The predicted octanol–water partition coefficient (Wildman–Crippen LogP) is -0.162. The maximum absolute atomic E-state index is 9.95. The maximum Gasteiger partial charge on any atom is 0.295 e. The first-order valence-electron chi connectivity index (χ1n) is 3.80. The molecule has 0 bridgehead atoms. The van der Waals surface area contributed by atoms with Crippen LogP contribution in [-0.2, 0) is 14.3 Å². The Morgan fingerprint density at radius 2 is 2.64 bits per heavy atom. The van der Waals surface area contributed by atoms with Crippen molar-refractivity contribution in [3.63, 3.8) is 0 Å². The third-order valence-corrected chi connectivity index (χ3v) is 1.77. The van der Waals surface area contributed by atoms with Crippen molar-refractivity contribution in [3.05, 3.63) is 0 Å².